The molecule has 31 heavy (non-hydrogen) atoms. The van der Waals surface area contributed by atoms with E-state index >= 15 is 0 Å². The maximum Gasteiger partial charge on any atom is 0.222 e. The van der Waals surface area contributed by atoms with Crippen LogP contribution in [0.25, 0.3) is 11.3 Å². The van der Waals surface area contributed by atoms with Gasteiger partial charge in [-0.25, -0.2) is 15.0 Å². The van der Waals surface area contributed by atoms with Crippen LogP contribution in [0, 0.1) is 5.41 Å². The Balaban J connectivity index is 2.51. The molecule has 0 spiro atoms. The highest BCUT2D eigenvalue weighted by Crippen LogP contribution is 2.34. The van der Waals surface area contributed by atoms with Gasteiger partial charge in [0.2, 0.25) is 5.88 Å². The Labute approximate surface area is 184 Å². The van der Waals surface area contributed by atoms with Crippen molar-refractivity contribution in [2.24, 2.45) is 4.99 Å². The highest BCUT2D eigenvalue weighted by molar-refractivity contribution is 6.03. The molecule has 2 heterocycles. The van der Waals surface area contributed by atoms with E-state index in [-0.39, 0.29) is 6.04 Å². The van der Waals surface area contributed by atoms with Gasteiger partial charge in [-0.2, -0.15) is 0 Å². The van der Waals surface area contributed by atoms with Crippen molar-refractivity contribution in [1.29, 1.82) is 5.41 Å². The van der Waals surface area contributed by atoms with Crippen LogP contribution < -0.4 is 15.4 Å². The zero-order valence-electron chi connectivity index (χ0n) is 19.1. The molecule has 0 amide bonds. The molecule has 2 rings (SSSR count). The molecule has 0 radical (unpaired) electrons. The van der Waals surface area contributed by atoms with Crippen LogP contribution in [-0.2, 0) is 4.74 Å². The molecular weight excluding hydrogens is 392 g/mol. The van der Waals surface area contributed by atoms with Gasteiger partial charge in [0.1, 0.15) is 5.69 Å². The fourth-order valence-electron chi connectivity index (χ4n) is 2.80. The molecule has 3 N–H and O–H groups in total. The Kier molecular flexibility index (Phi) is 8.99. The first-order valence-electron chi connectivity index (χ1n) is 10.3. The van der Waals surface area contributed by atoms with Gasteiger partial charge in [0.15, 0.2) is 5.90 Å². The lowest BCUT2D eigenvalue weighted by Crippen LogP contribution is -2.17. The number of ether oxygens (including phenoxy) is 2. The summed E-state index contributed by atoms with van der Waals surface area (Å²) < 4.78 is 10.7. The highest BCUT2D eigenvalue weighted by Gasteiger charge is 2.18. The lowest BCUT2D eigenvalue weighted by molar-refractivity contribution is 0.328. The second kappa shape index (κ2) is 11.7. The topological polar surface area (TPSA) is 105 Å². The molecule has 0 aliphatic carbocycles. The Hall–Kier alpha value is -3.42. The first-order valence-corrected chi connectivity index (χ1v) is 10.3. The van der Waals surface area contributed by atoms with Gasteiger partial charge in [-0.3, -0.25) is 0 Å². The van der Waals surface area contributed by atoms with E-state index in [0.29, 0.717) is 42.0 Å². The number of hydrogen-bond acceptors (Lipinski definition) is 8. The summed E-state index contributed by atoms with van der Waals surface area (Å²) in [6, 6.07) is 5.90. The minimum absolute atomic E-state index is 0.174. The maximum atomic E-state index is 8.30. The second-order valence-corrected chi connectivity index (χ2v) is 7.11. The van der Waals surface area contributed by atoms with E-state index < -0.39 is 0 Å². The molecule has 2 aromatic heterocycles. The van der Waals surface area contributed by atoms with Crippen LogP contribution in [0.15, 0.2) is 41.7 Å². The van der Waals surface area contributed by atoms with E-state index in [9.17, 15) is 0 Å². The molecule has 0 atom stereocenters. The van der Waals surface area contributed by atoms with Gasteiger partial charge in [0.25, 0.3) is 0 Å². The van der Waals surface area contributed by atoms with E-state index in [1.807, 2.05) is 31.2 Å². The summed E-state index contributed by atoms with van der Waals surface area (Å²) in [5, 5.41) is 15.1. The highest BCUT2D eigenvalue weighted by atomic mass is 16.5. The van der Waals surface area contributed by atoms with Crippen LogP contribution in [-0.4, -0.2) is 47.9 Å². The normalized spacial score (nSPS) is 11.6. The number of aromatic nitrogens is 2. The molecule has 0 aromatic carbocycles. The molecule has 8 nitrogen and oxygen atoms in total. The number of nitrogens with zero attached hydrogens (tertiary/aromatic N) is 3. The molecule has 2 aromatic rings. The standard InChI is InChI=1S/C23H32N6O2/c1-7-31-23-18(10-8-11-27-23)19-14-20(26-13-9-12-25-17(5)30-6)22(28-15(2)3)21(29-19)16(4)24/h8-12,14-15,24,28H,7,13H2,1-6H3,(H,26,29)/b12-9+,24-16?,25-17-. The minimum atomic E-state index is 0.174. The van der Waals surface area contributed by atoms with E-state index in [1.165, 1.54) is 0 Å². The summed E-state index contributed by atoms with van der Waals surface area (Å²) >= 11 is 0. The molecular formula is C23H32N6O2. The number of rotatable bonds is 10. The van der Waals surface area contributed by atoms with Crippen molar-refractivity contribution in [3.63, 3.8) is 0 Å². The predicted octanol–water partition coefficient (Wildman–Crippen LogP) is 4.74. The van der Waals surface area contributed by atoms with Gasteiger partial charge in [-0.15, -0.1) is 0 Å². The van der Waals surface area contributed by atoms with Crippen LogP contribution in [0.2, 0.25) is 0 Å². The van der Waals surface area contributed by atoms with Crippen LogP contribution in [0.5, 0.6) is 5.88 Å². The SMILES string of the molecule is CCOc1ncccc1-c1cc(NC/C=C/N=C(/C)OC)c(NC(C)C)c(C(C)=N)n1. The number of hydrogen-bond donors (Lipinski definition) is 3. The first-order chi connectivity index (χ1) is 14.9. The fourth-order valence-corrected chi connectivity index (χ4v) is 2.80. The average molecular weight is 425 g/mol. The Morgan fingerprint density at radius 2 is 2.10 bits per heavy atom. The van der Waals surface area contributed by atoms with Crippen LogP contribution >= 0.6 is 0 Å². The third kappa shape index (κ3) is 6.80. The van der Waals surface area contributed by atoms with Gasteiger partial charge in [0.05, 0.1) is 42.1 Å². The number of anilines is 2. The fraction of sp³-hybridized carbons (Fsp3) is 0.391. The molecule has 0 saturated carbocycles. The molecule has 0 fully saturated rings. The molecule has 0 saturated heterocycles. The van der Waals surface area contributed by atoms with Gasteiger partial charge in [0, 0.05) is 31.9 Å². The molecule has 0 bridgehead atoms. The van der Waals surface area contributed by atoms with Crippen LogP contribution in [0.4, 0.5) is 11.4 Å². The molecule has 166 valence electrons. The Morgan fingerprint density at radius 1 is 1.32 bits per heavy atom. The number of methoxy groups -OCH3 is 1. The van der Waals surface area contributed by atoms with Gasteiger partial charge < -0.3 is 25.5 Å². The van der Waals surface area contributed by atoms with Crippen molar-refractivity contribution in [3.8, 4) is 17.1 Å². The van der Waals surface area contributed by atoms with E-state index in [0.717, 1.165) is 16.9 Å². The zero-order chi connectivity index (χ0) is 22.8. The monoisotopic (exact) mass is 424 g/mol. The predicted molar refractivity (Wildman–Crippen MR) is 128 cm³/mol. The lowest BCUT2D eigenvalue weighted by Gasteiger charge is -2.20. The first kappa shape index (κ1) is 23.9. The Bertz CT molecular complexity index is 953. The maximum absolute atomic E-state index is 8.30. The summed E-state index contributed by atoms with van der Waals surface area (Å²) in [7, 11) is 1.59. The zero-order valence-corrected chi connectivity index (χ0v) is 19.1. The van der Waals surface area contributed by atoms with E-state index in [2.05, 4.69) is 34.5 Å². The lowest BCUT2D eigenvalue weighted by atomic mass is 10.1. The van der Waals surface area contributed by atoms with E-state index in [1.54, 1.807) is 33.4 Å². The summed E-state index contributed by atoms with van der Waals surface area (Å²) in [4.78, 5) is 13.3. The number of pyridine rings is 2. The second-order valence-electron chi connectivity index (χ2n) is 7.11. The molecule has 8 heteroatoms. The third-order valence-electron chi connectivity index (χ3n) is 4.20. The minimum Gasteiger partial charge on any atom is -0.484 e. The van der Waals surface area contributed by atoms with Crippen molar-refractivity contribution < 1.29 is 9.47 Å². The van der Waals surface area contributed by atoms with Gasteiger partial charge in [-0.1, -0.05) is 0 Å². The molecule has 0 aliphatic heterocycles. The smallest absolute Gasteiger partial charge is 0.222 e. The van der Waals surface area contributed by atoms with Crippen molar-refractivity contribution in [2.45, 2.75) is 40.7 Å². The largest absolute Gasteiger partial charge is 0.484 e. The van der Waals surface area contributed by atoms with Crippen molar-refractivity contribution in [3.05, 3.63) is 42.4 Å². The Morgan fingerprint density at radius 3 is 2.74 bits per heavy atom. The van der Waals surface area contributed by atoms with Gasteiger partial charge in [-0.05, 0) is 52.0 Å². The number of nitrogens with one attached hydrogen (secondary N) is 3. The van der Waals surface area contributed by atoms with Crippen molar-refractivity contribution >= 4 is 23.0 Å². The summed E-state index contributed by atoms with van der Waals surface area (Å²) in [6.07, 6.45) is 5.29. The molecule has 0 aliphatic rings. The average Bonchev–Trinajstić information content (AvgIpc) is 2.74. The van der Waals surface area contributed by atoms with Crippen molar-refractivity contribution in [1.82, 2.24) is 9.97 Å². The molecule has 0 unspecified atom stereocenters. The van der Waals surface area contributed by atoms with Crippen LogP contribution in [0.3, 0.4) is 0 Å². The third-order valence-corrected chi connectivity index (χ3v) is 4.20. The van der Waals surface area contributed by atoms with Crippen LogP contribution in [0.1, 0.15) is 40.3 Å². The van der Waals surface area contributed by atoms with Crippen molar-refractivity contribution in [2.75, 3.05) is 30.9 Å². The summed E-state index contributed by atoms with van der Waals surface area (Å²) in [5.74, 6) is 1.11. The number of aliphatic imine (C=N–C) groups is 1. The quantitative estimate of drug-likeness (QED) is 0.376. The summed E-state index contributed by atoms with van der Waals surface area (Å²) in [6.45, 7) is 10.6. The van der Waals surface area contributed by atoms with Gasteiger partial charge >= 0.3 is 0 Å². The van der Waals surface area contributed by atoms with E-state index in [4.69, 9.17) is 19.9 Å². The summed E-state index contributed by atoms with van der Waals surface area (Å²) in [5.41, 5.74) is 4.04.